The molecule has 1 aliphatic rings. The molecule has 1 heterocycles. The minimum absolute atomic E-state index is 0.0154. The molecular weight excluding hydrogens is 216 g/mol. The summed E-state index contributed by atoms with van der Waals surface area (Å²) in [7, 11) is 1.70. The molecule has 1 aliphatic carbocycles. The maximum Gasteiger partial charge on any atom is 0.254 e. The zero-order chi connectivity index (χ0) is 12.5. The van der Waals surface area contributed by atoms with Crippen molar-refractivity contribution in [2.45, 2.75) is 51.6 Å². The van der Waals surface area contributed by atoms with Crippen LogP contribution in [0, 0.1) is 6.92 Å². The molecule has 0 bridgehead atoms. The molecule has 2 rings (SSSR count). The van der Waals surface area contributed by atoms with Crippen LogP contribution in [0.15, 0.2) is 4.79 Å². The predicted octanol–water partition coefficient (Wildman–Crippen LogP) is 2.06. The van der Waals surface area contributed by atoms with E-state index in [0.717, 1.165) is 36.9 Å². The van der Waals surface area contributed by atoms with Gasteiger partial charge in [-0.05, 0) is 39.0 Å². The highest BCUT2D eigenvalue weighted by Crippen LogP contribution is 2.39. The Morgan fingerprint density at radius 2 is 2.06 bits per heavy atom. The highest BCUT2D eigenvalue weighted by Gasteiger charge is 2.38. The van der Waals surface area contributed by atoms with Gasteiger partial charge in [-0.25, -0.2) is 4.98 Å². The Hall–Kier alpha value is -1.16. The number of rotatable bonds is 3. The Kier molecular flexibility index (Phi) is 3.33. The van der Waals surface area contributed by atoms with E-state index in [4.69, 9.17) is 4.74 Å². The SMILES string of the molecule is CCc1c(C)nc(C2(OC)CCCC2)[nH]c1=O. The van der Waals surface area contributed by atoms with Gasteiger partial charge in [0.15, 0.2) is 0 Å². The summed E-state index contributed by atoms with van der Waals surface area (Å²) in [6.07, 6.45) is 4.86. The smallest absolute Gasteiger partial charge is 0.254 e. The third-order valence-electron chi connectivity index (χ3n) is 3.81. The van der Waals surface area contributed by atoms with Gasteiger partial charge in [-0.3, -0.25) is 4.79 Å². The molecule has 1 aromatic rings. The quantitative estimate of drug-likeness (QED) is 0.874. The lowest BCUT2D eigenvalue weighted by Gasteiger charge is -2.26. The largest absolute Gasteiger partial charge is 0.370 e. The van der Waals surface area contributed by atoms with Crippen LogP contribution in [0.2, 0.25) is 0 Å². The van der Waals surface area contributed by atoms with Crippen molar-refractivity contribution in [3.05, 3.63) is 27.4 Å². The molecule has 4 nitrogen and oxygen atoms in total. The molecule has 0 saturated heterocycles. The fraction of sp³-hybridized carbons (Fsp3) is 0.692. The van der Waals surface area contributed by atoms with Gasteiger partial charge in [0.25, 0.3) is 5.56 Å². The van der Waals surface area contributed by atoms with Crippen molar-refractivity contribution in [1.82, 2.24) is 9.97 Å². The lowest BCUT2D eigenvalue weighted by molar-refractivity contribution is -0.0166. The van der Waals surface area contributed by atoms with Crippen LogP contribution in [0.3, 0.4) is 0 Å². The first-order valence-electron chi connectivity index (χ1n) is 6.28. The van der Waals surface area contributed by atoms with E-state index in [0.29, 0.717) is 12.2 Å². The van der Waals surface area contributed by atoms with E-state index in [9.17, 15) is 4.79 Å². The summed E-state index contributed by atoms with van der Waals surface area (Å²) >= 11 is 0. The second kappa shape index (κ2) is 4.61. The predicted molar refractivity (Wildman–Crippen MR) is 66.1 cm³/mol. The zero-order valence-corrected chi connectivity index (χ0v) is 10.8. The van der Waals surface area contributed by atoms with Gasteiger partial charge in [0.2, 0.25) is 0 Å². The van der Waals surface area contributed by atoms with Crippen LogP contribution in [0.4, 0.5) is 0 Å². The summed E-state index contributed by atoms with van der Waals surface area (Å²) in [5, 5.41) is 0. The van der Waals surface area contributed by atoms with Crippen LogP contribution >= 0.6 is 0 Å². The Morgan fingerprint density at radius 3 is 2.53 bits per heavy atom. The molecule has 0 spiro atoms. The number of aromatic nitrogens is 2. The first-order valence-corrected chi connectivity index (χ1v) is 6.28. The lowest BCUT2D eigenvalue weighted by Crippen LogP contribution is -2.31. The maximum atomic E-state index is 12.0. The van der Waals surface area contributed by atoms with Crippen molar-refractivity contribution < 1.29 is 4.74 Å². The Labute approximate surface area is 101 Å². The zero-order valence-electron chi connectivity index (χ0n) is 10.8. The number of H-pyrrole nitrogens is 1. The van der Waals surface area contributed by atoms with E-state index in [1.807, 2.05) is 13.8 Å². The molecule has 0 amide bonds. The summed E-state index contributed by atoms with van der Waals surface area (Å²) in [6, 6.07) is 0. The number of aromatic amines is 1. The van der Waals surface area contributed by atoms with Gasteiger partial charge in [0.1, 0.15) is 11.4 Å². The Morgan fingerprint density at radius 1 is 1.41 bits per heavy atom. The average molecular weight is 236 g/mol. The highest BCUT2D eigenvalue weighted by molar-refractivity contribution is 5.19. The number of ether oxygens (including phenoxy) is 1. The number of aryl methyl sites for hydroxylation is 1. The van der Waals surface area contributed by atoms with Crippen LogP contribution in [-0.4, -0.2) is 17.1 Å². The van der Waals surface area contributed by atoms with E-state index in [2.05, 4.69) is 9.97 Å². The van der Waals surface area contributed by atoms with Gasteiger partial charge in [-0.2, -0.15) is 0 Å². The van der Waals surface area contributed by atoms with Crippen molar-refractivity contribution in [2.75, 3.05) is 7.11 Å². The van der Waals surface area contributed by atoms with E-state index < -0.39 is 0 Å². The summed E-state index contributed by atoms with van der Waals surface area (Å²) in [5.41, 5.74) is 1.22. The van der Waals surface area contributed by atoms with Gasteiger partial charge in [-0.1, -0.05) is 6.92 Å². The van der Waals surface area contributed by atoms with Crippen molar-refractivity contribution >= 4 is 0 Å². The Bertz CT molecular complexity index is 459. The summed E-state index contributed by atoms with van der Waals surface area (Å²) < 4.78 is 5.64. The monoisotopic (exact) mass is 236 g/mol. The first-order chi connectivity index (χ1) is 8.13. The van der Waals surface area contributed by atoms with Crippen molar-refractivity contribution in [1.29, 1.82) is 0 Å². The molecule has 4 heteroatoms. The van der Waals surface area contributed by atoms with E-state index >= 15 is 0 Å². The molecule has 1 aromatic heterocycles. The molecule has 1 saturated carbocycles. The molecule has 0 aliphatic heterocycles. The number of hydrogen-bond acceptors (Lipinski definition) is 3. The van der Waals surface area contributed by atoms with Crippen molar-refractivity contribution in [3.8, 4) is 0 Å². The van der Waals surface area contributed by atoms with Crippen LogP contribution < -0.4 is 5.56 Å². The number of nitrogens with zero attached hydrogens (tertiary/aromatic N) is 1. The van der Waals surface area contributed by atoms with E-state index in [-0.39, 0.29) is 11.2 Å². The van der Waals surface area contributed by atoms with Gasteiger partial charge >= 0.3 is 0 Å². The third-order valence-corrected chi connectivity index (χ3v) is 3.81. The summed E-state index contributed by atoms with van der Waals surface area (Å²) in [4.78, 5) is 19.4. The maximum absolute atomic E-state index is 12.0. The standard InChI is InChI=1S/C13H20N2O2/c1-4-10-9(2)14-12(15-11(10)16)13(17-3)7-5-6-8-13/h4-8H2,1-3H3,(H,14,15,16). The second-order valence-electron chi connectivity index (χ2n) is 4.74. The van der Waals surface area contributed by atoms with E-state index in [1.54, 1.807) is 7.11 Å². The molecule has 94 valence electrons. The number of methoxy groups -OCH3 is 1. The molecule has 0 aromatic carbocycles. The van der Waals surface area contributed by atoms with Crippen LogP contribution in [0.25, 0.3) is 0 Å². The molecule has 0 atom stereocenters. The second-order valence-corrected chi connectivity index (χ2v) is 4.74. The fourth-order valence-corrected chi connectivity index (χ4v) is 2.73. The topological polar surface area (TPSA) is 55.0 Å². The minimum Gasteiger partial charge on any atom is -0.370 e. The first kappa shape index (κ1) is 12.3. The molecule has 1 fully saturated rings. The Balaban J connectivity index is 2.49. The number of nitrogens with one attached hydrogen (secondary N) is 1. The normalized spacial score (nSPS) is 18.5. The fourth-order valence-electron chi connectivity index (χ4n) is 2.73. The molecule has 17 heavy (non-hydrogen) atoms. The molecule has 1 N–H and O–H groups in total. The number of hydrogen-bond donors (Lipinski definition) is 1. The van der Waals surface area contributed by atoms with Gasteiger partial charge < -0.3 is 9.72 Å². The van der Waals surface area contributed by atoms with Crippen LogP contribution in [0.5, 0.6) is 0 Å². The minimum atomic E-state index is -0.365. The van der Waals surface area contributed by atoms with Gasteiger partial charge in [0.05, 0.1) is 0 Å². The summed E-state index contributed by atoms with van der Waals surface area (Å²) in [5.74, 6) is 0.706. The molecule has 0 unspecified atom stereocenters. The van der Waals surface area contributed by atoms with Crippen LogP contribution in [-0.2, 0) is 16.8 Å². The van der Waals surface area contributed by atoms with E-state index in [1.165, 1.54) is 0 Å². The third kappa shape index (κ3) is 2.02. The van der Waals surface area contributed by atoms with Gasteiger partial charge in [-0.15, -0.1) is 0 Å². The average Bonchev–Trinajstić information content (AvgIpc) is 2.78. The lowest BCUT2D eigenvalue weighted by atomic mass is 10.0. The molecular formula is C13H20N2O2. The highest BCUT2D eigenvalue weighted by atomic mass is 16.5. The van der Waals surface area contributed by atoms with Crippen LogP contribution in [0.1, 0.15) is 49.7 Å². The summed E-state index contributed by atoms with van der Waals surface area (Å²) in [6.45, 7) is 3.87. The van der Waals surface area contributed by atoms with Gasteiger partial charge in [0, 0.05) is 18.4 Å². The molecule has 0 radical (unpaired) electrons. The van der Waals surface area contributed by atoms with Crippen molar-refractivity contribution in [2.24, 2.45) is 0 Å². The van der Waals surface area contributed by atoms with Crippen molar-refractivity contribution in [3.63, 3.8) is 0 Å².